The van der Waals surface area contributed by atoms with Crippen molar-refractivity contribution >= 4 is 11.4 Å². The van der Waals surface area contributed by atoms with Crippen molar-refractivity contribution in [3.63, 3.8) is 0 Å². The van der Waals surface area contributed by atoms with Crippen LogP contribution in [-0.2, 0) is 6.54 Å². The summed E-state index contributed by atoms with van der Waals surface area (Å²) in [4.78, 5) is 6.62. The third-order valence-electron chi connectivity index (χ3n) is 3.03. The first-order valence-corrected chi connectivity index (χ1v) is 6.10. The van der Waals surface area contributed by atoms with Gasteiger partial charge in [0.1, 0.15) is 0 Å². The number of nitrogens with zero attached hydrogens (tertiary/aromatic N) is 2. The van der Waals surface area contributed by atoms with Gasteiger partial charge >= 0.3 is 0 Å². The molecule has 2 aromatic rings. The van der Waals surface area contributed by atoms with Gasteiger partial charge in [-0.05, 0) is 30.7 Å². The Morgan fingerprint density at radius 1 is 1.22 bits per heavy atom. The molecule has 18 heavy (non-hydrogen) atoms. The fraction of sp³-hybridized carbons (Fsp3) is 0.267. The van der Waals surface area contributed by atoms with Crippen molar-refractivity contribution in [3.05, 3.63) is 53.9 Å². The van der Waals surface area contributed by atoms with Gasteiger partial charge in [0.15, 0.2) is 0 Å². The molecule has 1 aromatic heterocycles. The van der Waals surface area contributed by atoms with Gasteiger partial charge in [-0.25, -0.2) is 0 Å². The summed E-state index contributed by atoms with van der Waals surface area (Å²) in [5, 5.41) is 3.13. The minimum absolute atomic E-state index is 0.806. The summed E-state index contributed by atoms with van der Waals surface area (Å²) in [6, 6.07) is 12.4. The highest BCUT2D eigenvalue weighted by molar-refractivity contribution is 5.53. The SMILES string of the molecule is CNc1ccnc(CN(C)c2ccccc2C)c1. The van der Waals surface area contributed by atoms with Crippen LogP contribution in [0, 0.1) is 6.92 Å². The molecule has 0 atom stereocenters. The number of hydrogen-bond acceptors (Lipinski definition) is 3. The quantitative estimate of drug-likeness (QED) is 0.891. The Labute approximate surface area is 108 Å². The zero-order valence-corrected chi connectivity index (χ0v) is 11.1. The van der Waals surface area contributed by atoms with Crippen LogP contribution in [0.3, 0.4) is 0 Å². The molecule has 0 aliphatic heterocycles. The summed E-state index contributed by atoms with van der Waals surface area (Å²) >= 11 is 0. The molecular formula is C15H19N3. The van der Waals surface area contributed by atoms with Crippen LogP contribution >= 0.6 is 0 Å². The topological polar surface area (TPSA) is 28.2 Å². The average molecular weight is 241 g/mol. The first-order chi connectivity index (χ1) is 8.70. The molecule has 0 aliphatic carbocycles. The normalized spacial score (nSPS) is 10.2. The zero-order chi connectivity index (χ0) is 13.0. The standard InChI is InChI=1S/C15H19N3/c1-12-6-4-5-7-15(12)18(3)11-14-10-13(16-2)8-9-17-14/h4-10H,11H2,1-3H3,(H,16,17). The number of nitrogens with one attached hydrogen (secondary N) is 1. The molecule has 3 heteroatoms. The molecular weight excluding hydrogens is 222 g/mol. The molecule has 0 unspecified atom stereocenters. The predicted molar refractivity (Wildman–Crippen MR) is 77.1 cm³/mol. The lowest BCUT2D eigenvalue weighted by Crippen LogP contribution is -2.18. The number of aromatic nitrogens is 1. The number of hydrogen-bond donors (Lipinski definition) is 1. The van der Waals surface area contributed by atoms with Crippen LogP contribution in [0.4, 0.5) is 11.4 Å². The van der Waals surface area contributed by atoms with Gasteiger partial charge in [0.25, 0.3) is 0 Å². The van der Waals surface area contributed by atoms with Crippen LogP contribution < -0.4 is 10.2 Å². The third kappa shape index (κ3) is 2.80. The maximum absolute atomic E-state index is 4.40. The summed E-state index contributed by atoms with van der Waals surface area (Å²) < 4.78 is 0. The molecule has 3 nitrogen and oxygen atoms in total. The smallest absolute Gasteiger partial charge is 0.0617 e. The van der Waals surface area contributed by atoms with Crippen molar-refractivity contribution in [2.75, 3.05) is 24.3 Å². The molecule has 2 rings (SSSR count). The fourth-order valence-corrected chi connectivity index (χ4v) is 2.04. The third-order valence-corrected chi connectivity index (χ3v) is 3.03. The number of benzene rings is 1. The van der Waals surface area contributed by atoms with Gasteiger partial charge in [-0.1, -0.05) is 18.2 Å². The van der Waals surface area contributed by atoms with E-state index in [-0.39, 0.29) is 0 Å². The van der Waals surface area contributed by atoms with Gasteiger partial charge in [0.2, 0.25) is 0 Å². The highest BCUT2D eigenvalue weighted by Crippen LogP contribution is 2.20. The van der Waals surface area contributed by atoms with Crippen molar-refractivity contribution in [1.29, 1.82) is 0 Å². The molecule has 0 bridgehead atoms. The second-order valence-electron chi connectivity index (χ2n) is 4.43. The maximum atomic E-state index is 4.40. The molecule has 1 aromatic carbocycles. The fourth-order valence-electron chi connectivity index (χ4n) is 2.04. The van der Waals surface area contributed by atoms with E-state index in [2.05, 4.69) is 59.5 Å². The van der Waals surface area contributed by atoms with Crippen LogP contribution in [0.2, 0.25) is 0 Å². The number of pyridine rings is 1. The lowest BCUT2D eigenvalue weighted by atomic mass is 10.2. The summed E-state index contributed by atoms with van der Waals surface area (Å²) in [6.45, 7) is 2.93. The highest BCUT2D eigenvalue weighted by atomic mass is 15.1. The van der Waals surface area contributed by atoms with Crippen molar-refractivity contribution in [2.24, 2.45) is 0 Å². The summed E-state index contributed by atoms with van der Waals surface area (Å²) in [7, 11) is 4.01. The van der Waals surface area contributed by atoms with Crippen molar-refractivity contribution in [1.82, 2.24) is 4.98 Å². The molecule has 0 spiro atoms. The molecule has 0 radical (unpaired) electrons. The predicted octanol–water partition coefficient (Wildman–Crippen LogP) is 3.07. The Bertz CT molecular complexity index is 523. The second kappa shape index (κ2) is 5.54. The summed E-state index contributed by atoms with van der Waals surface area (Å²) in [5.41, 5.74) is 4.68. The maximum Gasteiger partial charge on any atom is 0.0617 e. The molecule has 1 heterocycles. The number of para-hydroxylation sites is 1. The molecule has 94 valence electrons. The van der Waals surface area contributed by atoms with Crippen molar-refractivity contribution < 1.29 is 0 Å². The van der Waals surface area contributed by atoms with E-state index >= 15 is 0 Å². The van der Waals surface area contributed by atoms with Crippen LogP contribution in [0.5, 0.6) is 0 Å². The van der Waals surface area contributed by atoms with E-state index < -0.39 is 0 Å². The molecule has 0 saturated carbocycles. The van der Waals surface area contributed by atoms with E-state index in [0.29, 0.717) is 0 Å². The van der Waals surface area contributed by atoms with E-state index in [0.717, 1.165) is 17.9 Å². The van der Waals surface area contributed by atoms with Crippen LogP contribution in [-0.4, -0.2) is 19.1 Å². The highest BCUT2D eigenvalue weighted by Gasteiger charge is 2.05. The molecule has 0 amide bonds. The zero-order valence-electron chi connectivity index (χ0n) is 11.1. The Hall–Kier alpha value is -2.03. The van der Waals surface area contributed by atoms with Gasteiger partial charge < -0.3 is 10.2 Å². The first kappa shape index (κ1) is 12.4. The Kier molecular flexibility index (Phi) is 3.82. The van der Waals surface area contributed by atoms with Gasteiger partial charge in [0, 0.05) is 31.7 Å². The number of rotatable bonds is 4. The average Bonchev–Trinajstić information content (AvgIpc) is 2.39. The summed E-state index contributed by atoms with van der Waals surface area (Å²) in [6.07, 6.45) is 1.84. The Morgan fingerprint density at radius 3 is 2.72 bits per heavy atom. The van der Waals surface area contributed by atoms with E-state index in [4.69, 9.17) is 0 Å². The van der Waals surface area contributed by atoms with E-state index in [1.54, 1.807) is 0 Å². The van der Waals surface area contributed by atoms with Crippen molar-refractivity contribution in [3.8, 4) is 0 Å². The summed E-state index contributed by atoms with van der Waals surface area (Å²) in [5.74, 6) is 0. The molecule has 0 fully saturated rings. The van der Waals surface area contributed by atoms with Gasteiger partial charge in [-0.3, -0.25) is 4.98 Å². The van der Waals surface area contributed by atoms with E-state index in [1.165, 1.54) is 11.3 Å². The minimum Gasteiger partial charge on any atom is -0.388 e. The van der Waals surface area contributed by atoms with Gasteiger partial charge in [0.05, 0.1) is 12.2 Å². The van der Waals surface area contributed by atoms with Crippen LogP contribution in [0.15, 0.2) is 42.6 Å². The van der Waals surface area contributed by atoms with Gasteiger partial charge in [-0.2, -0.15) is 0 Å². The first-order valence-electron chi connectivity index (χ1n) is 6.10. The monoisotopic (exact) mass is 241 g/mol. The number of anilines is 2. The molecule has 0 aliphatic rings. The number of aryl methyl sites for hydroxylation is 1. The second-order valence-corrected chi connectivity index (χ2v) is 4.43. The lowest BCUT2D eigenvalue weighted by Gasteiger charge is -2.21. The molecule has 1 N–H and O–H groups in total. The van der Waals surface area contributed by atoms with E-state index in [9.17, 15) is 0 Å². The van der Waals surface area contributed by atoms with E-state index in [1.807, 2.05) is 19.3 Å². The minimum atomic E-state index is 0.806. The van der Waals surface area contributed by atoms with Crippen LogP contribution in [0.1, 0.15) is 11.3 Å². The Morgan fingerprint density at radius 2 is 2.00 bits per heavy atom. The van der Waals surface area contributed by atoms with Crippen LogP contribution in [0.25, 0.3) is 0 Å². The van der Waals surface area contributed by atoms with Gasteiger partial charge in [-0.15, -0.1) is 0 Å². The lowest BCUT2D eigenvalue weighted by molar-refractivity contribution is 0.881. The van der Waals surface area contributed by atoms with Crippen molar-refractivity contribution in [2.45, 2.75) is 13.5 Å². The molecule has 0 saturated heterocycles. The Balaban J connectivity index is 2.16. The largest absolute Gasteiger partial charge is 0.388 e.